The van der Waals surface area contributed by atoms with Crippen molar-refractivity contribution in [3.05, 3.63) is 56.3 Å². The average Bonchev–Trinajstić information content (AvgIpc) is 2.99. The molecule has 2 unspecified atom stereocenters. The number of aromatic nitrogens is 2. The Hall–Kier alpha value is -2.02. The second kappa shape index (κ2) is 10.7. The number of nitrogens with zero attached hydrogens (tertiary/aromatic N) is 3. The summed E-state index contributed by atoms with van der Waals surface area (Å²) >= 11 is 18.7. The number of piperidine rings is 1. The minimum absolute atomic E-state index is 0.155. The van der Waals surface area contributed by atoms with E-state index in [0.29, 0.717) is 33.0 Å². The SMILES string of the molecule is Cc1nn(Cc2ccc(Cl)cc2Cl)c(Cl)c1C=CC(=O)OCC(=O)N1C(C)CCCC1C. The highest BCUT2D eigenvalue weighted by Gasteiger charge is 2.29. The molecule has 0 aliphatic carbocycles. The number of esters is 1. The molecule has 0 saturated carbocycles. The van der Waals surface area contributed by atoms with E-state index < -0.39 is 5.97 Å². The largest absolute Gasteiger partial charge is 0.452 e. The maximum absolute atomic E-state index is 12.5. The Balaban J connectivity index is 1.62. The maximum Gasteiger partial charge on any atom is 0.331 e. The zero-order valence-electron chi connectivity index (χ0n) is 18.3. The highest BCUT2D eigenvalue weighted by Crippen LogP contribution is 2.26. The summed E-state index contributed by atoms with van der Waals surface area (Å²) in [6.07, 6.45) is 5.84. The number of rotatable bonds is 6. The number of benzene rings is 1. The van der Waals surface area contributed by atoms with Crippen molar-refractivity contribution in [2.24, 2.45) is 0 Å². The van der Waals surface area contributed by atoms with Crippen LogP contribution in [0.2, 0.25) is 15.2 Å². The van der Waals surface area contributed by atoms with E-state index in [0.717, 1.165) is 24.8 Å². The molecular formula is C23H26Cl3N3O3. The van der Waals surface area contributed by atoms with Crippen molar-refractivity contribution in [1.29, 1.82) is 0 Å². The van der Waals surface area contributed by atoms with Gasteiger partial charge in [-0.25, -0.2) is 9.48 Å². The molecule has 1 fully saturated rings. The van der Waals surface area contributed by atoms with Crippen molar-refractivity contribution in [1.82, 2.24) is 14.7 Å². The molecule has 0 spiro atoms. The van der Waals surface area contributed by atoms with Crippen LogP contribution in [0.3, 0.4) is 0 Å². The first-order chi connectivity index (χ1) is 15.2. The van der Waals surface area contributed by atoms with Crippen molar-refractivity contribution >= 4 is 52.8 Å². The number of hydrogen-bond donors (Lipinski definition) is 0. The van der Waals surface area contributed by atoms with Gasteiger partial charge < -0.3 is 9.64 Å². The van der Waals surface area contributed by atoms with Gasteiger partial charge in [-0.15, -0.1) is 0 Å². The fourth-order valence-corrected chi connectivity index (χ4v) is 4.76. The summed E-state index contributed by atoms with van der Waals surface area (Å²) in [6, 6.07) is 5.53. The van der Waals surface area contributed by atoms with E-state index in [2.05, 4.69) is 5.10 Å². The predicted molar refractivity (Wildman–Crippen MR) is 127 cm³/mol. The zero-order chi connectivity index (χ0) is 23.4. The van der Waals surface area contributed by atoms with Crippen molar-refractivity contribution in [2.75, 3.05) is 6.61 Å². The number of halogens is 3. The van der Waals surface area contributed by atoms with Crippen molar-refractivity contribution in [3.63, 3.8) is 0 Å². The predicted octanol–water partition coefficient (Wildman–Crippen LogP) is 5.55. The monoisotopic (exact) mass is 497 g/mol. The molecule has 2 heterocycles. The topological polar surface area (TPSA) is 64.4 Å². The summed E-state index contributed by atoms with van der Waals surface area (Å²) in [6.45, 7) is 5.91. The molecule has 1 aromatic carbocycles. The third-order valence-corrected chi connectivity index (χ3v) is 6.64. The first-order valence-electron chi connectivity index (χ1n) is 10.5. The number of aryl methyl sites for hydroxylation is 1. The van der Waals surface area contributed by atoms with E-state index in [4.69, 9.17) is 39.5 Å². The normalized spacial score (nSPS) is 18.9. The summed E-state index contributed by atoms with van der Waals surface area (Å²) in [5.74, 6) is -0.784. The van der Waals surface area contributed by atoms with Crippen LogP contribution in [-0.2, 0) is 20.9 Å². The molecule has 1 aromatic heterocycles. The molecule has 1 aliphatic heterocycles. The number of hydrogen-bond acceptors (Lipinski definition) is 4. The molecular weight excluding hydrogens is 473 g/mol. The lowest BCUT2D eigenvalue weighted by Gasteiger charge is -2.38. The van der Waals surface area contributed by atoms with E-state index in [-0.39, 0.29) is 24.6 Å². The fourth-order valence-electron chi connectivity index (χ4n) is 3.99. The minimum atomic E-state index is -0.611. The van der Waals surface area contributed by atoms with Crippen molar-refractivity contribution in [2.45, 2.75) is 58.7 Å². The Bertz CT molecular complexity index is 1020. The van der Waals surface area contributed by atoms with E-state index in [1.807, 2.05) is 24.8 Å². The molecule has 32 heavy (non-hydrogen) atoms. The first-order valence-corrected chi connectivity index (χ1v) is 11.6. The Morgan fingerprint density at radius 2 is 1.88 bits per heavy atom. The fraction of sp³-hybridized carbons (Fsp3) is 0.435. The van der Waals surface area contributed by atoms with E-state index in [1.54, 1.807) is 29.8 Å². The van der Waals surface area contributed by atoms with Gasteiger partial charge in [-0.05, 0) is 63.8 Å². The van der Waals surface area contributed by atoms with Gasteiger partial charge in [0.1, 0.15) is 5.15 Å². The van der Waals surface area contributed by atoms with Gasteiger partial charge >= 0.3 is 5.97 Å². The van der Waals surface area contributed by atoms with Crippen LogP contribution in [0.15, 0.2) is 24.3 Å². The number of amides is 1. The molecule has 6 nitrogen and oxygen atoms in total. The third kappa shape index (κ3) is 5.85. The lowest BCUT2D eigenvalue weighted by Crippen LogP contribution is -2.49. The van der Waals surface area contributed by atoms with Gasteiger partial charge in [0, 0.05) is 33.8 Å². The van der Waals surface area contributed by atoms with Crippen LogP contribution in [0.25, 0.3) is 6.08 Å². The molecule has 0 radical (unpaired) electrons. The highest BCUT2D eigenvalue weighted by molar-refractivity contribution is 6.35. The Kier molecular flexibility index (Phi) is 8.26. The summed E-state index contributed by atoms with van der Waals surface area (Å²) in [7, 11) is 0. The second-order valence-corrected chi connectivity index (χ2v) is 9.26. The quantitative estimate of drug-likeness (QED) is 0.387. The van der Waals surface area contributed by atoms with Gasteiger partial charge in [-0.1, -0.05) is 40.9 Å². The van der Waals surface area contributed by atoms with Crippen LogP contribution in [0.5, 0.6) is 0 Å². The van der Waals surface area contributed by atoms with Gasteiger partial charge in [0.15, 0.2) is 6.61 Å². The number of carbonyl (C=O) groups is 2. The van der Waals surface area contributed by atoms with Crippen LogP contribution in [0.4, 0.5) is 0 Å². The van der Waals surface area contributed by atoms with Gasteiger partial charge in [0.2, 0.25) is 0 Å². The van der Waals surface area contributed by atoms with Crippen molar-refractivity contribution < 1.29 is 14.3 Å². The van der Waals surface area contributed by atoms with E-state index >= 15 is 0 Å². The molecule has 2 aromatic rings. The number of carbonyl (C=O) groups excluding carboxylic acids is 2. The summed E-state index contributed by atoms with van der Waals surface area (Å²) in [4.78, 5) is 26.5. The first kappa shape index (κ1) is 24.6. The average molecular weight is 499 g/mol. The Morgan fingerprint density at radius 3 is 2.53 bits per heavy atom. The van der Waals surface area contributed by atoms with Crippen molar-refractivity contribution in [3.8, 4) is 0 Å². The van der Waals surface area contributed by atoms with Gasteiger partial charge in [0.25, 0.3) is 5.91 Å². The van der Waals surface area contributed by atoms with E-state index in [9.17, 15) is 9.59 Å². The molecule has 9 heteroatoms. The third-order valence-electron chi connectivity index (χ3n) is 5.65. The summed E-state index contributed by atoms with van der Waals surface area (Å²) in [5.41, 5.74) is 2.06. The smallest absolute Gasteiger partial charge is 0.331 e. The molecule has 172 valence electrons. The molecule has 0 bridgehead atoms. The standard InChI is InChI=1S/C23H26Cl3N3O3/c1-14-5-4-6-15(2)29(14)21(30)13-32-22(31)10-9-19-16(3)27-28(23(19)26)12-17-7-8-18(24)11-20(17)25/h7-11,14-15H,4-6,12-13H2,1-3H3. The number of likely N-dealkylation sites (tertiary alicyclic amines) is 1. The second-order valence-electron chi connectivity index (χ2n) is 8.05. The van der Waals surface area contributed by atoms with Crippen LogP contribution in [0.1, 0.15) is 49.9 Å². The van der Waals surface area contributed by atoms with Crippen LogP contribution >= 0.6 is 34.8 Å². The summed E-state index contributed by atoms with van der Waals surface area (Å²) in [5, 5.41) is 5.86. The highest BCUT2D eigenvalue weighted by atomic mass is 35.5. The summed E-state index contributed by atoms with van der Waals surface area (Å²) < 4.78 is 6.76. The molecule has 0 N–H and O–H groups in total. The van der Waals surface area contributed by atoms with Crippen LogP contribution in [-0.4, -0.2) is 45.2 Å². The molecule has 2 atom stereocenters. The Morgan fingerprint density at radius 1 is 1.19 bits per heavy atom. The molecule has 1 aliphatic rings. The maximum atomic E-state index is 12.5. The lowest BCUT2D eigenvalue weighted by atomic mass is 9.97. The van der Waals surface area contributed by atoms with Gasteiger partial charge in [0.05, 0.1) is 12.2 Å². The van der Waals surface area contributed by atoms with E-state index in [1.165, 1.54) is 6.08 Å². The molecule has 3 rings (SSSR count). The lowest BCUT2D eigenvalue weighted by molar-refractivity contribution is -0.151. The minimum Gasteiger partial charge on any atom is -0.452 e. The Labute approximate surface area is 203 Å². The van der Waals surface area contributed by atoms with Crippen LogP contribution < -0.4 is 0 Å². The zero-order valence-corrected chi connectivity index (χ0v) is 20.5. The number of ether oxygens (including phenoxy) is 1. The molecule has 1 saturated heterocycles. The van der Waals surface area contributed by atoms with Crippen LogP contribution in [0, 0.1) is 6.92 Å². The van der Waals surface area contributed by atoms with Gasteiger partial charge in [-0.3, -0.25) is 4.79 Å². The van der Waals surface area contributed by atoms with Gasteiger partial charge in [-0.2, -0.15) is 5.10 Å². The molecule has 1 amide bonds.